The highest BCUT2D eigenvalue weighted by Gasteiger charge is 2.23. The molecule has 3 rings (SSSR count). The number of nitrogens with zero attached hydrogens (tertiary/aromatic N) is 2. The van der Waals surface area contributed by atoms with Crippen molar-refractivity contribution in [3.63, 3.8) is 0 Å². The second-order valence-electron chi connectivity index (χ2n) is 8.15. The SMILES string of the molecule is Cc1ccc(-c2nc(CS(=O)(=O)CC(=O)NCCN3CCCCC3C)c(C)o2)cc1. The van der Waals surface area contributed by atoms with Gasteiger partial charge < -0.3 is 9.73 Å². The van der Waals surface area contributed by atoms with Crippen LogP contribution in [0.2, 0.25) is 0 Å². The maximum Gasteiger partial charge on any atom is 0.235 e. The fraction of sp³-hybridized carbons (Fsp3) is 0.545. The number of nitrogens with one attached hydrogen (secondary N) is 1. The molecule has 1 aliphatic heterocycles. The van der Waals surface area contributed by atoms with Crippen molar-refractivity contribution in [3.05, 3.63) is 41.3 Å². The molecule has 2 aromatic rings. The molecular weight excluding hydrogens is 402 g/mol. The number of hydrogen-bond acceptors (Lipinski definition) is 6. The fourth-order valence-corrected chi connectivity index (χ4v) is 5.01. The molecule has 0 aliphatic carbocycles. The molecule has 0 spiro atoms. The standard InChI is InChI=1S/C22H31N3O4S/c1-16-7-9-19(10-8-16)22-24-20(18(3)29-22)14-30(27,28)15-21(26)23-11-13-25-12-5-4-6-17(25)2/h7-10,17H,4-6,11-15H2,1-3H3,(H,23,26). The van der Waals surface area contributed by atoms with E-state index < -0.39 is 21.5 Å². The molecule has 7 nitrogen and oxygen atoms in total. The van der Waals surface area contributed by atoms with Gasteiger partial charge in [0.2, 0.25) is 11.8 Å². The van der Waals surface area contributed by atoms with E-state index in [0.717, 1.165) is 24.2 Å². The Bertz CT molecular complexity index is 967. The molecule has 1 N–H and O–H groups in total. The zero-order chi connectivity index (χ0) is 21.7. The van der Waals surface area contributed by atoms with Crippen molar-refractivity contribution < 1.29 is 17.6 Å². The Kier molecular flexibility index (Phi) is 7.31. The van der Waals surface area contributed by atoms with Crippen molar-refractivity contribution in [1.29, 1.82) is 0 Å². The Labute approximate surface area is 178 Å². The first kappa shape index (κ1) is 22.5. The smallest absolute Gasteiger partial charge is 0.235 e. The Balaban J connectivity index is 1.53. The van der Waals surface area contributed by atoms with Crippen molar-refractivity contribution in [2.24, 2.45) is 0 Å². The molecule has 30 heavy (non-hydrogen) atoms. The van der Waals surface area contributed by atoms with E-state index in [1.807, 2.05) is 31.2 Å². The van der Waals surface area contributed by atoms with Crippen LogP contribution in [0.4, 0.5) is 0 Å². The summed E-state index contributed by atoms with van der Waals surface area (Å²) in [5, 5.41) is 2.74. The minimum atomic E-state index is -3.65. The number of carbonyl (C=O) groups is 1. The van der Waals surface area contributed by atoms with Crippen LogP contribution in [0, 0.1) is 13.8 Å². The molecule has 1 amide bonds. The van der Waals surface area contributed by atoms with Crippen LogP contribution in [0.1, 0.15) is 43.2 Å². The predicted octanol–water partition coefficient (Wildman–Crippen LogP) is 2.86. The highest BCUT2D eigenvalue weighted by atomic mass is 32.2. The van der Waals surface area contributed by atoms with Crippen LogP contribution >= 0.6 is 0 Å². The summed E-state index contributed by atoms with van der Waals surface area (Å²) in [6, 6.07) is 8.17. The molecule has 1 aromatic carbocycles. The Morgan fingerprint density at radius 2 is 1.97 bits per heavy atom. The van der Waals surface area contributed by atoms with Gasteiger partial charge in [-0.3, -0.25) is 9.69 Å². The number of aromatic nitrogens is 1. The number of piperidine rings is 1. The van der Waals surface area contributed by atoms with Gasteiger partial charge in [0.25, 0.3) is 0 Å². The molecule has 8 heteroatoms. The van der Waals surface area contributed by atoms with Crippen LogP contribution in [0.15, 0.2) is 28.7 Å². The van der Waals surface area contributed by atoms with Crippen LogP contribution in [-0.4, -0.2) is 55.6 Å². The highest BCUT2D eigenvalue weighted by molar-refractivity contribution is 7.91. The van der Waals surface area contributed by atoms with Gasteiger partial charge in [-0.25, -0.2) is 13.4 Å². The van der Waals surface area contributed by atoms with E-state index in [4.69, 9.17) is 4.42 Å². The summed E-state index contributed by atoms with van der Waals surface area (Å²) in [5.74, 6) is -0.495. The molecule has 1 saturated heterocycles. The number of rotatable bonds is 8. The van der Waals surface area contributed by atoms with Crippen LogP contribution in [0.3, 0.4) is 0 Å². The van der Waals surface area contributed by atoms with Crippen LogP contribution in [0.25, 0.3) is 11.5 Å². The quantitative estimate of drug-likeness (QED) is 0.688. The molecule has 1 aliphatic rings. The number of amides is 1. The lowest BCUT2D eigenvalue weighted by Gasteiger charge is -2.33. The van der Waals surface area contributed by atoms with E-state index >= 15 is 0 Å². The lowest BCUT2D eigenvalue weighted by molar-refractivity contribution is -0.118. The molecule has 2 heterocycles. The molecule has 164 valence electrons. The van der Waals surface area contributed by atoms with Gasteiger partial charge >= 0.3 is 0 Å². The average molecular weight is 434 g/mol. The van der Waals surface area contributed by atoms with Crippen LogP contribution in [0.5, 0.6) is 0 Å². The van der Waals surface area contributed by atoms with Crippen molar-refractivity contribution in [3.8, 4) is 11.5 Å². The zero-order valence-corrected chi connectivity index (χ0v) is 18.8. The summed E-state index contributed by atoms with van der Waals surface area (Å²) in [6.07, 6.45) is 3.59. The van der Waals surface area contributed by atoms with E-state index in [1.54, 1.807) is 6.92 Å². The minimum absolute atomic E-state index is 0.315. The normalized spacial score (nSPS) is 17.8. The largest absolute Gasteiger partial charge is 0.441 e. The van der Waals surface area contributed by atoms with Crippen molar-refractivity contribution in [1.82, 2.24) is 15.2 Å². The second kappa shape index (κ2) is 9.75. The van der Waals surface area contributed by atoms with Crippen molar-refractivity contribution in [2.45, 2.75) is 51.8 Å². The van der Waals surface area contributed by atoms with E-state index in [9.17, 15) is 13.2 Å². The topological polar surface area (TPSA) is 92.5 Å². The molecule has 0 radical (unpaired) electrons. The minimum Gasteiger partial charge on any atom is -0.441 e. The number of likely N-dealkylation sites (tertiary alicyclic amines) is 1. The number of sulfone groups is 1. The number of oxazole rings is 1. The molecule has 1 unspecified atom stereocenters. The van der Waals surface area contributed by atoms with E-state index in [0.29, 0.717) is 29.9 Å². The van der Waals surface area contributed by atoms with Crippen LogP contribution < -0.4 is 5.32 Å². The third-order valence-electron chi connectivity index (χ3n) is 5.56. The summed E-state index contributed by atoms with van der Waals surface area (Å²) in [6.45, 7) is 8.10. The Morgan fingerprint density at radius 3 is 2.67 bits per heavy atom. The van der Waals surface area contributed by atoms with Gasteiger partial charge in [0.05, 0.1) is 11.4 Å². The Morgan fingerprint density at radius 1 is 1.23 bits per heavy atom. The summed E-state index contributed by atoms with van der Waals surface area (Å²) in [7, 11) is -3.65. The van der Waals surface area contributed by atoms with Gasteiger partial charge in [0.15, 0.2) is 9.84 Å². The monoisotopic (exact) mass is 433 g/mol. The highest BCUT2D eigenvalue weighted by Crippen LogP contribution is 2.23. The first-order chi connectivity index (χ1) is 14.2. The third kappa shape index (κ3) is 6.15. The molecule has 1 aromatic heterocycles. The van der Waals surface area contributed by atoms with Gasteiger partial charge in [0.1, 0.15) is 11.5 Å². The van der Waals surface area contributed by atoms with E-state index in [2.05, 4.69) is 22.1 Å². The lowest BCUT2D eigenvalue weighted by Crippen LogP contribution is -2.43. The third-order valence-corrected chi connectivity index (χ3v) is 6.98. The summed E-state index contributed by atoms with van der Waals surface area (Å²) < 4.78 is 30.7. The van der Waals surface area contributed by atoms with Gasteiger partial charge in [-0.15, -0.1) is 0 Å². The molecule has 0 bridgehead atoms. The number of hydrogen-bond donors (Lipinski definition) is 1. The van der Waals surface area contributed by atoms with E-state index in [-0.39, 0.29) is 5.75 Å². The van der Waals surface area contributed by atoms with E-state index in [1.165, 1.54) is 19.3 Å². The average Bonchev–Trinajstić information content (AvgIpc) is 3.03. The first-order valence-electron chi connectivity index (χ1n) is 10.5. The summed E-state index contributed by atoms with van der Waals surface area (Å²) >= 11 is 0. The lowest BCUT2D eigenvalue weighted by atomic mass is 10.0. The van der Waals surface area contributed by atoms with Crippen LogP contribution in [-0.2, 0) is 20.4 Å². The first-order valence-corrected chi connectivity index (χ1v) is 12.3. The van der Waals surface area contributed by atoms with Gasteiger partial charge in [0, 0.05) is 24.7 Å². The number of aryl methyl sites for hydroxylation is 2. The fourth-order valence-electron chi connectivity index (χ4n) is 3.72. The predicted molar refractivity (Wildman–Crippen MR) is 117 cm³/mol. The summed E-state index contributed by atoms with van der Waals surface area (Å²) in [4.78, 5) is 18.8. The number of carbonyl (C=O) groups excluding carboxylic acids is 1. The maximum absolute atomic E-state index is 12.5. The Hall–Kier alpha value is -2.19. The molecular formula is C22H31N3O4S. The molecule has 1 fully saturated rings. The molecule has 0 saturated carbocycles. The maximum atomic E-state index is 12.5. The summed E-state index contributed by atoms with van der Waals surface area (Å²) in [5.41, 5.74) is 2.25. The zero-order valence-electron chi connectivity index (χ0n) is 18.0. The van der Waals surface area contributed by atoms with Gasteiger partial charge in [-0.1, -0.05) is 24.1 Å². The van der Waals surface area contributed by atoms with Gasteiger partial charge in [-0.05, 0) is 52.3 Å². The van der Waals surface area contributed by atoms with Gasteiger partial charge in [-0.2, -0.15) is 0 Å². The number of benzene rings is 1. The van der Waals surface area contributed by atoms with Crippen molar-refractivity contribution >= 4 is 15.7 Å². The molecule has 1 atom stereocenters. The second-order valence-corrected chi connectivity index (χ2v) is 10.2. The van der Waals surface area contributed by atoms with Crippen molar-refractivity contribution in [2.75, 3.05) is 25.4 Å².